The zero-order chi connectivity index (χ0) is 12.6. The van der Waals surface area contributed by atoms with E-state index in [9.17, 15) is 9.90 Å². The topological polar surface area (TPSA) is 62.2 Å². The molecule has 4 nitrogen and oxygen atoms in total. The lowest BCUT2D eigenvalue weighted by atomic mass is 9.84. The van der Waals surface area contributed by atoms with E-state index in [1.165, 1.54) is 6.07 Å². The molecular weight excluding hydrogens is 216 g/mol. The minimum atomic E-state index is -0.0898. The van der Waals surface area contributed by atoms with E-state index in [4.69, 9.17) is 0 Å². The fraction of sp³-hybridized carbons (Fsp3) is 0.538. The third-order valence-electron chi connectivity index (χ3n) is 2.84. The molecule has 1 aromatic rings. The van der Waals surface area contributed by atoms with Gasteiger partial charge < -0.3 is 10.4 Å². The van der Waals surface area contributed by atoms with E-state index in [1.807, 2.05) is 0 Å². The average molecular weight is 234 g/mol. The summed E-state index contributed by atoms with van der Waals surface area (Å²) in [5.41, 5.74) is 1.43. The lowest BCUT2D eigenvalue weighted by molar-refractivity contribution is 0.0911. The van der Waals surface area contributed by atoms with Gasteiger partial charge in [-0.05, 0) is 17.9 Å². The Balaban J connectivity index is 2.23. The van der Waals surface area contributed by atoms with Crippen LogP contribution in [0.15, 0.2) is 12.1 Å². The zero-order valence-electron chi connectivity index (χ0n) is 10.4. The molecule has 2 rings (SSSR count). The largest absolute Gasteiger partial charge is 0.493 e. The first-order chi connectivity index (χ1) is 7.85. The number of aromatic nitrogens is 1. The van der Waals surface area contributed by atoms with Gasteiger partial charge in [0.25, 0.3) is 5.91 Å². The molecule has 0 saturated carbocycles. The van der Waals surface area contributed by atoms with Crippen molar-refractivity contribution in [2.75, 3.05) is 0 Å². The van der Waals surface area contributed by atoms with Crippen LogP contribution in [0.4, 0.5) is 0 Å². The van der Waals surface area contributed by atoms with Gasteiger partial charge in [0.1, 0.15) is 0 Å². The second-order valence-electron chi connectivity index (χ2n) is 5.80. The predicted molar refractivity (Wildman–Crippen MR) is 64.9 cm³/mol. The van der Waals surface area contributed by atoms with Crippen molar-refractivity contribution in [2.45, 2.75) is 39.7 Å². The molecule has 1 amide bonds. The molecular formula is C13H18N2O2. The summed E-state index contributed by atoms with van der Waals surface area (Å²) in [6.07, 6.45) is 1.59. The number of nitrogens with one attached hydrogen (secondary N) is 1. The molecule has 4 heteroatoms. The van der Waals surface area contributed by atoms with Crippen LogP contribution in [0.3, 0.4) is 0 Å². The van der Waals surface area contributed by atoms with Crippen LogP contribution in [0, 0.1) is 5.41 Å². The zero-order valence-corrected chi connectivity index (χ0v) is 10.4. The van der Waals surface area contributed by atoms with Crippen molar-refractivity contribution in [2.24, 2.45) is 5.41 Å². The minimum Gasteiger partial charge on any atom is -0.493 e. The summed E-state index contributed by atoms with van der Waals surface area (Å²) in [4.78, 5) is 15.9. The number of hydrogen-bond donors (Lipinski definition) is 2. The van der Waals surface area contributed by atoms with Crippen molar-refractivity contribution >= 4 is 5.91 Å². The molecule has 0 aromatic carbocycles. The quantitative estimate of drug-likeness (QED) is 0.779. The van der Waals surface area contributed by atoms with E-state index in [0.717, 1.165) is 6.42 Å². The van der Waals surface area contributed by atoms with Crippen LogP contribution in [0.1, 0.15) is 43.2 Å². The van der Waals surface area contributed by atoms with Gasteiger partial charge in [0.05, 0.1) is 11.3 Å². The first kappa shape index (κ1) is 11.9. The maximum atomic E-state index is 11.9. The number of fused-ring (bicyclic) bond motifs is 1. The highest BCUT2D eigenvalue weighted by molar-refractivity contribution is 5.96. The maximum absolute atomic E-state index is 11.9. The third kappa shape index (κ3) is 2.75. The first-order valence-electron chi connectivity index (χ1n) is 5.85. The van der Waals surface area contributed by atoms with Gasteiger partial charge in [0, 0.05) is 18.5 Å². The van der Waals surface area contributed by atoms with E-state index in [0.29, 0.717) is 17.7 Å². The molecule has 0 aliphatic carbocycles. The Morgan fingerprint density at radius 2 is 2.18 bits per heavy atom. The number of hydrogen-bond acceptors (Lipinski definition) is 3. The van der Waals surface area contributed by atoms with Gasteiger partial charge in [-0.1, -0.05) is 20.8 Å². The SMILES string of the molecule is CC(C)(C)CC1Cc2nc(O)ccc2C(=O)N1. The van der Waals surface area contributed by atoms with Crippen LogP contribution in [0.5, 0.6) is 5.88 Å². The number of pyridine rings is 1. The summed E-state index contributed by atoms with van der Waals surface area (Å²) < 4.78 is 0. The molecule has 0 bridgehead atoms. The summed E-state index contributed by atoms with van der Waals surface area (Å²) in [6.45, 7) is 6.43. The van der Waals surface area contributed by atoms with Crippen LogP contribution in [0.25, 0.3) is 0 Å². The van der Waals surface area contributed by atoms with Gasteiger partial charge in [0.2, 0.25) is 5.88 Å². The summed E-state index contributed by atoms with van der Waals surface area (Å²) in [6, 6.07) is 3.17. The van der Waals surface area contributed by atoms with Gasteiger partial charge in [-0.15, -0.1) is 0 Å². The van der Waals surface area contributed by atoms with Gasteiger partial charge in [-0.25, -0.2) is 4.98 Å². The monoisotopic (exact) mass is 234 g/mol. The number of carbonyl (C=O) groups excluding carboxylic acids is 1. The summed E-state index contributed by atoms with van der Waals surface area (Å²) in [5, 5.41) is 12.3. The molecule has 17 heavy (non-hydrogen) atoms. The van der Waals surface area contributed by atoms with Crippen molar-refractivity contribution in [1.82, 2.24) is 10.3 Å². The van der Waals surface area contributed by atoms with Crippen molar-refractivity contribution in [3.05, 3.63) is 23.4 Å². The van der Waals surface area contributed by atoms with E-state index >= 15 is 0 Å². The molecule has 0 radical (unpaired) electrons. The van der Waals surface area contributed by atoms with Crippen LogP contribution in [0.2, 0.25) is 0 Å². The Morgan fingerprint density at radius 3 is 2.82 bits per heavy atom. The summed E-state index contributed by atoms with van der Waals surface area (Å²) in [5.74, 6) is -0.110. The van der Waals surface area contributed by atoms with E-state index in [1.54, 1.807) is 6.07 Å². The fourth-order valence-corrected chi connectivity index (χ4v) is 2.26. The summed E-state index contributed by atoms with van der Waals surface area (Å²) in [7, 11) is 0. The maximum Gasteiger partial charge on any atom is 0.253 e. The molecule has 0 saturated heterocycles. The standard InChI is InChI=1S/C13H18N2O2/c1-13(2,3)7-8-6-10-9(12(17)14-8)4-5-11(16)15-10/h4-5,8H,6-7H2,1-3H3,(H,14,17)(H,15,16). The van der Waals surface area contributed by atoms with Gasteiger partial charge in [-0.2, -0.15) is 0 Å². The lowest BCUT2D eigenvalue weighted by Gasteiger charge is -2.30. The Kier molecular flexibility index (Phi) is 2.81. The number of rotatable bonds is 1. The van der Waals surface area contributed by atoms with E-state index < -0.39 is 0 Å². The van der Waals surface area contributed by atoms with Crippen molar-refractivity contribution in [3.63, 3.8) is 0 Å². The highest BCUT2D eigenvalue weighted by Crippen LogP contribution is 2.26. The molecule has 1 unspecified atom stereocenters. The van der Waals surface area contributed by atoms with Crippen molar-refractivity contribution in [3.8, 4) is 5.88 Å². The third-order valence-corrected chi connectivity index (χ3v) is 2.84. The average Bonchev–Trinajstić information content (AvgIpc) is 2.13. The van der Waals surface area contributed by atoms with Gasteiger partial charge >= 0.3 is 0 Å². The Hall–Kier alpha value is -1.58. The smallest absolute Gasteiger partial charge is 0.253 e. The molecule has 92 valence electrons. The molecule has 1 aromatic heterocycles. The molecule has 0 spiro atoms. The summed E-state index contributed by atoms with van der Waals surface area (Å²) >= 11 is 0. The predicted octanol–water partition coefficient (Wildman–Crippen LogP) is 1.88. The Labute approximate surface area is 101 Å². The highest BCUT2D eigenvalue weighted by Gasteiger charge is 2.28. The van der Waals surface area contributed by atoms with Crippen LogP contribution in [-0.4, -0.2) is 22.0 Å². The lowest BCUT2D eigenvalue weighted by Crippen LogP contribution is -2.43. The molecule has 1 atom stereocenters. The number of carbonyl (C=O) groups is 1. The molecule has 1 aliphatic heterocycles. The Morgan fingerprint density at radius 1 is 1.47 bits per heavy atom. The molecule has 1 aliphatic rings. The molecule has 0 fully saturated rings. The van der Waals surface area contributed by atoms with Gasteiger partial charge in [-0.3, -0.25) is 4.79 Å². The minimum absolute atomic E-state index is 0.0204. The fourth-order valence-electron chi connectivity index (χ4n) is 2.26. The Bertz CT molecular complexity index is 449. The number of nitrogens with zero attached hydrogens (tertiary/aromatic N) is 1. The first-order valence-corrected chi connectivity index (χ1v) is 5.85. The van der Waals surface area contributed by atoms with Crippen molar-refractivity contribution < 1.29 is 9.90 Å². The van der Waals surface area contributed by atoms with E-state index in [2.05, 4.69) is 31.1 Å². The van der Waals surface area contributed by atoms with Gasteiger partial charge in [0.15, 0.2) is 0 Å². The second kappa shape index (κ2) is 4.02. The van der Waals surface area contributed by atoms with Crippen molar-refractivity contribution in [1.29, 1.82) is 0 Å². The molecule has 2 N–H and O–H groups in total. The van der Waals surface area contributed by atoms with Crippen LogP contribution < -0.4 is 5.32 Å². The normalized spacial score (nSPS) is 19.7. The highest BCUT2D eigenvalue weighted by atomic mass is 16.3. The van der Waals surface area contributed by atoms with Crippen LogP contribution in [-0.2, 0) is 6.42 Å². The van der Waals surface area contributed by atoms with Crippen LogP contribution >= 0.6 is 0 Å². The second-order valence-corrected chi connectivity index (χ2v) is 5.80. The number of amides is 1. The number of aromatic hydroxyl groups is 1. The van der Waals surface area contributed by atoms with E-state index in [-0.39, 0.29) is 23.2 Å². The molecule has 2 heterocycles.